The smallest absolute Gasteiger partial charge is 0.310 e. The third kappa shape index (κ3) is 3.13. The number of ether oxygens (including phenoxy) is 1. The molecular formula is C13H19N3O3. The maximum atomic E-state index is 12.2. The summed E-state index contributed by atoms with van der Waals surface area (Å²) in [5.41, 5.74) is 0.423. The second-order valence-corrected chi connectivity index (χ2v) is 4.77. The lowest BCUT2D eigenvalue weighted by atomic mass is 9.98. The molecule has 1 aliphatic rings. The van der Waals surface area contributed by atoms with Gasteiger partial charge < -0.3 is 14.2 Å². The van der Waals surface area contributed by atoms with Crippen LogP contribution < -0.4 is 0 Å². The number of hydrogen-bond donors (Lipinski definition) is 0. The summed E-state index contributed by atoms with van der Waals surface area (Å²) in [5.74, 6) is -0.531. The molecule has 0 aromatic carbocycles. The first-order valence-electron chi connectivity index (χ1n) is 6.55. The number of likely N-dealkylation sites (tertiary alicyclic amines) is 1. The van der Waals surface area contributed by atoms with Gasteiger partial charge in [0.15, 0.2) is 0 Å². The van der Waals surface area contributed by atoms with Crippen LogP contribution in [0.5, 0.6) is 0 Å². The molecule has 2 rings (SSSR count). The van der Waals surface area contributed by atoms with Crippen molar-refractivity contribution >= 4 is 11.9 Å². The summed E-state index contributed by atoms with van der Waals surface area (Å²) in [5, 5.41) is 0. The molecule has 104 valence electrons. The topological polar surface area (TPSA) is 64.4 Å². The van der Waals surface area contributed by atoms with Gasteiger partial charge in [0.25, 0.3) is 5.91 Å². The van der Waals surface area contributed by atoms with Crippen molar-refractivity contribution in [3.05, 3.63) is 18.2 Å². The van der Waals surface area contributed by atoms with E-state index in [-0.39, 0.29) is 17.8 Å². The monoisotopic (exact) mass is 265 g/mol. The Hall–Kier alpha value is -1.85. The molecule has 1 fully saturated rings. The number of hydrogen-bond acceptors (Lipinski definition) is 4. The van der Waals surface area contributed by atoms with Gasteiger partial charge in [-0.3, -0.25) is 9.59 Å². The fourth-order valence-corrected chi connectivity index (χ4v) is 2.30. The highest BCUT2D eigenvalue weighted by Crippen LogP contribution is 2.19. The van der Waals surface area contributed by atoms with E-state index in [1.54, 1.807) is 28.9 Å². The Labute approximate surface area is 112 Å². The van der Waals surface area contributed by atoms with Gasteiger partial charge in [-0.05, 0) is 19.8 Å². The first-order chi connectivity index (χ1) is 9.11. The first kappa shape index (κ1) is 13.6. The van der Waals surface area contributed by atoms with E-state index in [4.69, 9.17) is 4.74 Å². The predicted octanol–water partition coefficient (Wildman–Crippen LogP) is 0.835. The molecule has 0 unspecified atom stereocenters. The van der Waals surface area contributed by atoms with Crippen molar-refractivity contribution in [2.24, 2.45) is 13.0 Å². The number of rotatable bonds is 3. The van der Waals surface area contributed by atoms with Crippen molar-refractivity contribution in [3.8, 4) is 0 Å². The van der Waals surface area contributed by atoms with Gasteiger partial charge in [0, 0.05) is 26.3 Å². The number of carbonyl (C=O) groups is 2. The highest BCUT2D eigenvalue weighted by Gasteiger charge is 2.30. The maximum absolute atomic E-state index is 12.2. The van der Waals surface area contributed by atoms with Gasteiger partial charge in [0.05, 0.1) is 18.9 Å². The highest BCUT2D eigenvalue weighted by molar-refractivity contribution is 5.92. The fraction of sp³-hybridized carbons (Fsp3) is 0.615. The molecule has 0 aliphatic carbocycles. The van der Waals surface area contributed by atoms with Crippen LogP contribution in [0.3, 0.4) is 0 Å². The highest BCUT2D eigenvalue weighted by atomic mass is 16.5. The van der Waals surface area contributed by atoms with E-state index in [2.05, 4.69) is 4.98 Å². The zero-order valence-electron chi connectivity index (χ0n) is 11.3. The minimum atomic E-state index is -0.207. The summed E-state index contributed by atoms with van der Waals surface area (Å²) >= 11 is 0. The largest absolute Gasteiger partial charge is 0.466 e. The van der Waals surface area contributed by atoms with Crippen molar-refractivity contribution in [3.63, 3.8) is 0 Å². The Kier molecular flexibility index (Phi) is 4.19. The third-order valence-electron chi connectivity index (χ3n) is 3.25. The molecule has 1 aromatic heterocycles. The molecule has 0 radical (unpaired) electrons. The minimum Gasteiger partial charge on any atom is -0.466 e. The van der Waals surface area contributed by atoms with Crippen LogP contribution in [0.2, 0.25) is 0 Å². The molecule has 6 heteroatoms. The Balaban J connectivity index is 2.01. The fourth-order valence-electron chi connectivity index (χ4n) is 2.30. The molecule has 1 saturated heterocycles. The van der Waals surface area contributed by atoms with Gasteiger partial charge in [-0.15, -0.1) is 0 Å². The number of carbonyl (C=O) groups excluding carboxylic acids is 2. The SMILES string of the molecule is CCOC(=O)[C@H]1CCCN(C(=O)c2cn(C)cn2)C1. The molecule has 0 saturated carbocycles. The van der Waals surface area contributed by atoms with E-state index in [0.717, 1.165) is 12.8 Å². The van der Waals surface area contributed by atoms with E-state index < -0.39 is 0 Å². The van der Waals surface area contributed by atoms with E-state index in [1.165, 1.54) is 0 Å². The standard InChI is InChI=1S/C13H19N3O3/c1-3-19-13(18)10-5-4-6-16(7-10)12(17)11-8-15(2)9-14-11/h8-10H,3-7H2,1-2H3/t10-/m0/s1. The molecule has 1 aromatic rings. The van der Waals surface area contributed by atoms with Gasteiger partial charge in [-0.25, -0.2) is 4.98 Å². The van der Waals surface area contributed by atoms with E-state index in [0.29, 0.717) is 25.4 Å². The molecule has 0 N–H and O–H groups in total. The quantitative estimate of drug-likeness (QED) is 0.760. The number of piperidine rings is 1. The molecular weight excluding hydrogens is 246 g/mol. The van der Waals surface area contributed by atoms with E-state index >= 15 is 0 Å². The summed E-state index contributed by atoms with van der Waals surface area (Å²) in [6.45, 7) is 3.26. The molecule has 2 heterocycles. The van der Waals surface area contributed by atoms with Gasteiger partial charge in [-0.1, -0.05) is 0 Å². The molecule has 6 nitrogen and oxygen atoms in total. The first-order valence-corrected chi connectivity index (χ1v) is 6.55. The minimum absolute atomic E-state index is 0.116. The second kappa shape index (κ2) is 5.86. The van der Waals surface area contributed by atoms with E-state index in [1.807, 2.05) is 7.05 Å². The molecule has 0 bridgehead atoms. The molecule has 19 heavy (non-hydrogen) atoms. The molecule has 0 spiro atoms. The van der Waals surface area contributed by atoms with Crippen LogP contribution in [-0.4, -0.2) is 46.0 Å². The summed E-state index contributed by atoms with van der Waals surface area (Å²) in [6, 6.07) is 0. The van der Waals surface area contributed by atoms with Crippen LogP contribution >= 0.6 is 0 Å². The van der Waals surface area contributed by atoms with Gasteiger partial charge in [0.2, 0.25) is 0 Å². The van der Waals surface area contributed by atoms with Crippen molar-refractivity contribution < 1.29 is 14.3 Å². The summed E-state index contributed by atoms with van der Waals surface area (Å²) in [4.78, 5) is 29.7. The van der Waals surface area contributed by atoms with Gasteiger partial charge in [0.1, 0.15) is 5.69 Å². The second-order valence-electron chi connectivity index (χ2n) is 4.77. The lowest BCUT2D eigenvalue weighted by molar-refractivity contribution is -0.149. The van der Waals surface area contributed by atoms with Crippen molar-refractivity contribution in [1.82, 2.24) is 14.5 Å². The van der Waals surface area contributed by atoms with Crippen molar-refractivity contribution in [2.75, 3.05) is 19.7 Å². The van der Waals surface area contributed by atoms with Crippen LogP contribution in [0, 0.1) is 5.92 Å². The normalized spacial score (nSPS) is 19.3. The molecule has 1 aliphatic heterocycles. The maximum Gasteiger partial charge on any atom is 0.310 e. The Morgan fingerprint density at radius 3 is 2.95 bits per heavy atom. The number of aryl methyl sites for hydroxylation is 1. The van der Waals surface area contributed by atoms with Crippen LogP contribution in [0.4, 0.5) is 0 Å². The number of amides is 1. The zero-order chi connectivity index (χ0) is 13.8. The van der Waals surface area contributed by atoms with Crippen LogP contribution in [-0.2, 0) is 16.6 Å². The molecule has 1 atom stereocenters. The lowest BCUT2D eigenvalue weighted by Crippen LogP contribution is -2.43. The Morgan fingerprint density at radius 2 is 2.32 bits per heavy atom. The van der Waals surface area contributed by atoms with Crippen LogP contribution in [0.1, 0.15) is 30.3 Å². The number of esters is 1. The zero-order valence-corrected chi connectivity index (χ0v) is 11.3. The lowest BCUT2D eigenvalue weighted by Gasteiger charge is -2.31. The van der Waals surface area contributed by atoms with Crippen molar-refractivity contribution in [2.45, 2.75) is 19.8 Å². The van der Waals surface area contributed by atoms with Crippen molar-refractivity contribution in [1.29, 1.82) is 0 Å². The van der Waals surface area contributed by atoms with Gasteiger partial charge >= 0.3 is 5.97 Å². The summed E-state index contributed by atoms with van der Waals surface area (Å²) < 4.78 is 6.76. The summed E-state index contributed by atoms with van der Waals surface area (Å²) in [6.07, 6.45) is 4.89. The van der Waals surface area contributed by atoms with Gasteiger partial charge in [-0.2, -0.15) is 0 Å². The summed E-state index contributed by atoms with van der Waals surface area (Å²) in [7, 11) is 1.82. The third-order valence-corrected chi connectivity index (χ3v) is 3.25. The number of imidazole rings is 1. The molecule has 1 amide bonds. The van der Waals surface area contributed by atoms with E-state index in [9.17, 15) is 9.59 Å². The van der Waals surface area contributed by atoms with Crippen LogP contribution in [0.25, 0.3) is 0 Å². The average molecular weight is 265 g/mol. The average Bonchev–Trinajstić information content (AvgIpc) is 2.85. The number of nitrogens with zero attached hydrogens (tertiary/aromatic N) is 3. The predicted molar refractivity (Wildman–Crippen MR) is 68.5 cm³/mol. The Bertz CT molecular complexity index is 469. The number of aromatic nitrogens is 2. The van der Waals surface area contributed by atoms with Crippen LogP contribution in [0.15, 0.2) is 12.5 Å². The Morgan fingerprint density at radius 1 is 1.53 bits per heavy atom.